The Labute approximate surface area is 115 Å². The van der Waals surface area contributed by atoms with Crippen molar-refractivity contribution in [1.82, 2.24) is 9.55 Å². The zero-order valence-electron chi connectivity index (χ0n) is 11.4. The van der Waals surface area contributed by atoms with Crippen molar-refractivity contribution in [3.63, 3.8) is 0 Å². The molecule has 100 valence electrons. The summed E-state index contributed by atoms with van der Waals surface area (Å²) in [7, 11) is 0. The molecule has 3 heteroatoms. The molecule has 0 N–H and O–H groups in total. The third kappa shape index (κ3) is 3.17. The van der Waals surface area contributed by atoms with Crippen LogP contribution in [0.2, 0.25) is 0 Å². The lowest BCUT2D eigenvalue weighted by atomic mass is 9.84. The smallest absolute Gasteiger partial charge is 0.0953 e. The average Bonchev–Trinajstić information content (AvgIpc) is 2.85. The van der Waals surface area contributed by atoms with Gasteiger partial charge in [0.1, 0.15) is 0 Å². The van der Waals surface area contributed by atoms with E-state index in [1.54, 1.807) is 0 Å². The number of rotatable bonds is 4. The minimum atomic E-state index is 0.446. The number of halogens is 1. The zero-order valence-corrected chi connectivity index (χ0v) is 12.2. The quantitative estimate of drug-likeness (QED) is 0.725. The summed E-state index contributed by atoms with van der Waals surface area (Å²) in [4.78, 5) is 4.25. The molecule has 2 nitrogen and oxygen atoms in total. The summed E-state index contributed by atoms with van der Waals surface area (Å²) in [6, 6.07) is 0.446. The molecule has 2 rings (SSSR count). The lowest BCUT2D eigenvalue weighted by Gasteiger charge is -2.23. The first-order valence-electron chi connectivity index (χ1n) is 7.00. The Bertz CT molecular complexity index is 400. The number of imidazole rings is 1. The van der Waals surface area contributed by atoms with Crippen LogP contribution in [0.4, 0.5) is 0 Å². The highest BCUT2D eigenvalue weighted by molar-refractivity contribution is 6.19. The van der Waals surface area contributed by atoms with Gasteiger partial charge < -0.3 is 4.57 Å². The van der Waals surface area contributed by atoms with Gasteiger partial charge in [-0.05, 0) is 38.7 Å². The van der Waals surface area contributed by atoms with Crippen LogP contribution >= 0.6 is 11.6 Å². The van der Waals surface area contributed by atoms with Crippen LogP contribution in [0.1, 0.15) is 57.7 Å². The second-order valence-corrected chi connectivity index (χ2v) is 5.77. The Morgan fingerprint density at radius 2 is 2.17 bits per heavy atom. The van der Waals surface area contributed by atoms with E-state index in [-0.39, 0.29) is 0 Å². The van der Waals surface area contributed by atoms with Crippen LogP contribution in [-0.2, 0) is 0 Å². The van der Waals surface area contributed by atoms with Gasteiger partial charge in [-0.2, -0.15) is 0 Å². The maximum Gasteiger partial charge on any atom is 0.0953 e. The van der Waals surface area contributed by atoms with Crippen molar-refractivity contribution >= 4 is 17.7 Å². The molecule has 0 unspecified atom stereocenters. The fourth-order valence-electron chi connectivity index (χ4n) is 2.79. The van der Waals surface area contributed by atoms with Gasteiger partial charge in [0.2, 0.25) is 0 Å². The Morgan fingerprint density at radius 1 is 1.44 bits per heavy atom. The maximum atomic E-state index is 6.15. The number of allylic oxidation sites excluding steroid dienone is 1. The molecule has 0 aliphatic heterocycles. The van der Waals surface area contributed by atoms with Gasteiger partial charge in [-0.3, -0.25) is 0 Å². The SMILES string of the molecule is CC(C)n1cncc1C=C(CCl)C1CCCCC1. The van der Waals surface area contributed by atoms with E-state index in [1.807, 2.05) is 12.5 Å². The topological polar surface area (TPSA) is 17.8 Å². The van der Waals surface area contributed by atoms with Crippen molar-refractivity contribution in [2.75, 3.05) is 5.88 Å². The highest BCUT2D eigenvalue weighted by Gasteiger charge is 2.17. The third-order valence-corrected chi connectivity index (χ3v) is 4.18. The first-order chi connectivity index (χ1) is 8.72. The monoisotopic (exact) mass is 266 g/mol. The van der Waals surface area contributed by atoms with E-state index >= 15 is 0 Å². The summed E-state index contributed by atoms with van der Waals surface area (Å²) >= 11 is 6.15. The molecule has 0 atom stereocenters. The van der Waals surface area contributed by atoms with Crippen molar-refractivity contribution in [3.8, 4) is 0 Å². The van der Waals surface area contributed by atoms with Gasteiger partial charge in [-0.25, -0.2) is 4.98 Å². The van der Waals surface area contributed by atoms with Crippen molar-refractivity contribution in [3.05, 3.63) is 23.8 Å². The Balaban J connectivity index is 2.19. The van der Waals surface area contributed by atoms with Gasteiger partial charge in [0.05, 0.1) is 18.2 Å². The van der Waals surface area contributed by atoms with Crippen molar-refractivity contribution in [2.45, 2.75) is 52.0 Å². The molecule has 1 aliphatic carbocycles. The number of aromatic nitrogens is 2. The summed E-state index contributed by atoms with van der Waals surface area (Å²) < 4.78 is 2.20. The fourth-order valence-corrected chi connectivity index (χ4v) is 3.08. The molecule has 1 heterocycles. The van der Waals surface area contributed by atoms with E-state index in [1.165, 1.54) is 43.4 Å². The van der Waals surface area contributed by atoms with Gasteiger partial charge in [0.15, 0.2) is 0 Å². The van der Waals surface area contributed by atoms with Crippen LogP contribution < -0.4 is 0 Å². The summed E-state index contributed by atoms with van der Waals surface area (Å²) in [6.07, 6.45) is 12.8. The van der Waals surface area contributed by atoms with Crippen LogP contribution in [0.15, 0.2) is 18.1 Å². The van der Waals surface area contributed by atoms with Crippen molar-refractivity contribution in [2.24, 2.45) is 5.92 Å². The van der Waals surface area contributed by atoms with E-state index in [0.717, 1.165) is 0 Å². The second kappa shape index (κ2) is 6.42. The number of alkyl halides is 1. The third-order valence-electron chi connectivity index (χ3n) is 3.87. The van der Waals surface area contributed by atoms with Gasteiger partial charge >= 0.3 is 0 Å². The molecule has 0 aromatic carbocycles. The van der Waals surface area contributed by atoms with E-state index in [2.05, 4.69) is 29.5 Å². The summed E-state index contributed by atoms with van der Waals surface area (Å²) in [5.41, 5.74) is 2.57. The highest BCUT2D eigenvalue weighted by Crippen LogP contribution is 2.31. The summed E-state index contributed by atoms with van der Waals surface area (Å²) in [5.74, 6) is 1.33. The molecule has 0 bridgehead atoms. The van der Waals surface area contributed by atoms with E-state index < -0.39 is 0 Å². The number of hydrogen-bond donors (Lipinski definition) is 0. The van der Waals surface area contributed by atoms with E-state index in [9.17, 15) is 0 Å². The van der Waals surface area contributed by atoms with Crippen LogP contribution in [0.5, 0.6) is 0 Å². The minimum Gasteiger partial charge on any atom is -0.329 e. The van der Waals surface area contributed by atoms with E-state index in [4.69, 9.17) is 11.6 Å². The first kappa shape index (κ1) is 13.7. The highest BCUT2D eigenvalue weighted by atomic mass is 35.5. The van der Waals surface area contributed by atoms with Crippen LogP contribution in [0.25, 0.3) is 6.08 Å². The Morgan fingerprint density at radius 3 is 2.78 bits per heavy atom. The van der Waals surface area contributed by atoms with Crippen LogP contribution in [0, 0.1) is 5.92 Å². The Kier molecular flexibility index (Phi) is 4.87. The number of hydrogen-bond acceptors (Lipinski definition) is 1. The maximum absolute atomic E-state index is 6.15. The second-order valence-electron chi connectivity index (χ2n) is 5.51. The van der Waals surface area contributed by atoms with Crippen LogP contribution in [-0.4, -0.2) is 15.4 Å². The standard InChI is InChI=1S/C15H23ClN2/c1-12(2)18-11-17-10-15(18)8-14(9-16)13-6-4-3-5-7-13/h8,10-13H,3-7,9H2,1-2H3. The molecule has 1 aliphatic rings. The molecule has 0 radical (unpaired) electrons. The summed E-state index contributed by atoms with van der Waals surface area (Å²) in [6.45, 7) is 4.36. The molecular weight excluding hydrogens is 244 g/mol. The molecule has 1 fully saturated rings. The molecule has 1 saturated carbocycles. The molecule has 0 spiro atoms. The lowest BCUT2D eigenvalue weighted by Crippen LogP contribution is -2.11. The van der Waals surface area contributed by atoms with Crippen LogP contribution in [0.3, 0.4) is 0 Å². The fraction of sp³-hybridized carbons (Fsp3) is 0.667. The predicted molar refractivity (Wildman–Crippen MR) is 77.9 cm³/mol. The largest absolute Gasteiger partial charge is 0.329 e. The lowest BCUT2D eigenvalue weighted by molar-refractivity contribution is 0.405. The van der Waals surface area contributed by atoms with Gasteiger partial charge in [0, 0.05) is 11.9 Å². The number of nitrogens with zero attached hydrogens (tertiary/aromatic N) is 2. The molecular formula is C15H23ClN2. The molecule has 1 aromatic rings. The zero-order chi connectivity index (χ0) is 13.0. The summed E-state index contributed by atoms with van der Waals surface area (Å²) in [5, 5.41) is 0. The molecule has 0 saturated heterocycles. The van der Waals surface area contributed by atoms with Gasteiger partial charge in [-0.15, -0.1) is 11.6 Å². The van der Waals surface area contributed by atoms with E-state index in [0.29, 0.717) is 17.8 Å². The first-order valence-corrected chi connectivity index (χ1v) is 7.54. The van der Waals surface area contributed by atoms with Gasteiger partial charge in [0.25, 0.3) is 0 Å². The normalized spacial score (nSPS) is 18.6. The molecule has 18 heavy (non-hydrogen) atoms. The molecule has 0 amide bonds. The van der Waals surface area contributed by atoms with Crippen molar-refractivity contribution in [1.29, 1.82) is 0 Å². The van der Waals surface area contributed by atoms with Gasteiger partial charge in [-0.1, -0.05) is 24.8 Å². The predicted octanol–water partition coefficient (Wildman–Crippen LogP) is 4.67. The molecule has 1 aromatic heterocycles. The minimum absolute atomic E-state index is 0.446. The average molecular weight is 267 g/mol. The van der Waals surface area contributed by atoms with Crippen molar-refractivity contribution < 1.29 is 0 Å². The Hall–Kier alpha value is -0.760.